The molecule has 0 aromatic rings. The number of nitrogens with one attached hydrogen (secondary N) is 1. The first-order valence-electron chi connectivity index (χ1n) is 5.83. The summed E-state index contributed by atoms with van der Waals surface area (Å²) < 4.78 is 4.71. The number of alkyl carbamates (subject to hydrolysis) is 1. The van der Waals surface area contributed by atoms with Gasteiger partial charge < -0.3 is 26.0 Å². The number of ether oxygens (including phenoxy) is 1. The SMILES string of the molecule is C=CCOC(=O)NCC1(O)CN(C[C@@H](O)CN)C1.Cl.Cl. The Balaban J connectivity index is 0. The third-order valence-corrected chi connectivity index (χ3v) is 2.67. The fourth-order valence-electron chi connectivity index (χ4n) is 1.82. The van der Waals surface area contributed by atoms with Crippen LogP contribution in [-0.2, 0) is 4.74 Å². The Labute approximate surface area is 131 Å². The molecule has 5 N–H and O–H groups in total. The number of β-amino-alcohol motifs (C(OH)–C–C–N with tert-alkyl or cyclic N) is 2. The molecule has 0 radical (unpaired) electrons. The highest BCUT2D eigenvalue weighted by atomic mass is 35.5. The van der Waals surface area contributed by atoms with Gasteiger partial charge in [0.25, 0.3) is 0 Å². The van der Waals surface area contributed by atoms with Gasteiger partial charge in [-0.1, -0.05) is 12.7 Å². The lowest BCUT2D eigenvalue weighted by Gasteiger charge is -2.47. The Bertz CT molecular complexity index is 301. The molecule has 0 aromatic carbocycles. The van der Waals surface area contributed by atoms with Gasteiger partial charge in [0.05, 0.1) is 12.6 Å². The minimum absolute atomic E-state index is 0. The molecule has 0 spiro atoms. The van der Waals surface area contributed by atoms with Crippen molar-refractivity contribution in [1.29, 1.82) is 0 Å². The maximum atomic E-state index is 11.1. The average Bonchev–Trinajstić information content (AvgIpc) is 2.31. The summed E-state index contributed by atoms with van der Waals surface area (Å²) in [4.78, 5) is 13.0. The zero-order chi connectivity index (χ0) is 13.6. The number of likely N-dealkylation sites (tertiary alicyclic amines) is 1. The van der Waals surface area contributed by atoms with Gasteiger partial charge >= 0.3 is 6.09 Å². The van der Waals surface area contributed by atoms with Crippen LogP contribution in [0.3, 0.4) is 0 Å². The minimum atomic E-state index is -0.957. The normalized spacial score (nSPS) is 17.8. The van der Waals surface area contributed by atoms with Gasteiger partial charge in [-0.05, 0) is 0 Å². The van der Waals surface area contributed by atoms with Crippen LogP contribution in [0, 0.1) is 0 Å². The van der Waals surface area contributed by atoms with Crippen molar-refractivity contribution < 1.29 is 19.7 Å². The zero-order valence-corrected chi connectivity index (χ0v) is 12.8. The second-order valence-corrected chi connectivity index (χ2v) is 4.52. The van der Waals surface area contributed by atoms with E-state index in [4.69, 9.17) is 10.5 Å². The van der Waals surface area contributed by atoms with Crippen molar-refractivity contribution in [2.45, 2.75) is 11.7 Å². The first-order valence-corrected chi connectivity index (χ1v) is 5.83. The maximum absolute atomic E-state index is 11.1. The highest BCUT2D eigenvalue weighted by molar-refractivity contribution is 5.85. The molecule has 1 heterocycles. The van der Waals surface area contributed by atoms with E-state index in [2.05, 4.69) is 11.9 Å². The highest BCUT2D eigenvalue weighted by Crippen LogP contribution is 2.19. The first kappa shape index (κ1) is 21.7. The smallest absolute Gasteiger partial charge is 0.407 e. The van der Waals surface area contributed by atoms with Crippen molar-refractivity contribution in [3.05, 3.63) is 12.7 Å². The Morgan fingerprint density at radius 3 is 2.65 bits per heavy atom. The number of aliphatic hydroxyl groups excluding tert-OH is 1. The summed E-state index contributed by atoms with van der Waals surface area (Å²) in [6.45, 7) is 5.10. The van der Waals surface area contributed by atoms with Crippen LogP contribution in [0.1, 0.15) is 0 Å². The standard InChI is InChI=1S/C11H21N3O4.2ClH/c1-2-3-18-10(16)13-6-11(17)7-14(8-11)5-9(15)4-12;;/h2,9,15,17H,1,3-8,12H2,(H,13,16);2*1H/t9-;;/m0../s1. The second-order valence-electron chi connectivity index (χ2n) is 4.52. The molecule has 1 atom stereocenters. The predicted molar refractivity (Wildman–Crippen MR) is 80.5 cm³/mol. The maximum Gasteiger partial charge on any atom is 0.407 e. The topological polar surface area (TPSA) is 108 Å². The van der Waals surface area contributed by atoms with Crippen LogP contribution >= 0.6 is 24.8 Å². The Morgan fingerprint density at radius 2 is 2.15 bits per heavy atom. The molecular weight excluding hydrogens is 309 g/mol. The highest BCUT2D eigenvalue weighted by Gasteiger charge is 2.41. The lowest BCUT2D eigenvalue weighted by Crippen LogP contribution is -2.67. The number of aliphatic hydroxyl groups is 2. The van der Waals surface area contributed by atoms with Crippen molar-refractivity contribution in [2.24, 2.45) is 5.73 Å². The quantitative estimate of drug-likeness (QED) is 0.451. The molecule has 7 nitrogen and oxygen atoms in total. The molecule has 1 aliphatic rings. The summed E-state index contributed by atoms with van der Waals surface area (Å²) in [5, 5.41) is 21.8. The van der Waals surface area contributed by atoms with E-state index in [9.17, 15) is 15.0 Å². The number of amides is 1. The number of nitrogens with two attached hydrogens (primary N) is 1. The first-order chi connectivity index (χ1) is 8.49. The van der Waals surface area contributed by atoms with Crippen LogP contribution in [-0.4, -0.2) is 72.2 Å². The molecule has 1 saturated heterocycles. The van der Waals surface area contributed by atoms with Gasteiger partial charge in [0.2, 0.25) is 0 Å². The Kier molecular flexibility index (Phi) is 11.1. The number of rotatable bonds is 7. The van der Waals surface area contributed by atoms with E-state index in [1.165, 1.54) is 6.08 Å². The molecule has 0 saturated carbocycles. The van der Waals surface area contributed by atoms with Gasteiger partial charge in [0.1, 0.15) is 12.2 Å². The molecule has 1 aliphatic heterocycles. The van der Waals surface area contributed by atoms with Gasteiger partial charge in [0.15, 0.2) is 0 Å². The number of hydrogen-bond donors (Lipinski definition) is 4. The van der Waals surface area contributed by atoms with Crippen molar-refractivity contribution in [1.82, 2.24) is 10.2 Å². The zero-order valence-electron chi connectivity index (χ0n) is 11.2. The molecule has 1 amide bonds. The monoisotopic (exact) mass is 331 g/mol. The third kappa shape index (κ3) is 7.28. The van der Waals surface area contributed by atoms with Crippen LogP contribution in [0.2, 0.25) is 0 Å². The van der Waals surface area contributed by atoms with E-state index in [0.717, 1.165) is 0 Å². The van der Waals surface area contributed by atoms with Crippen molar-refractivity contribution in [3.63, 3.8) is 0 Å². The lowest BCUT2D eigenvalue weighted by molar-refractivity contribution is -0.104. The number of carbonyl (C=O) groups is 1. The van der Waals surface area contributed by atoms with E-state index < -0.39 is 17.8 Å². The van der Waals surface area contributed by atoms with Crippen LogP contribution in [0.25, 0.3) is 0 Å². The number of carbonyl (C=O) groups excluding carboxylic acids is 1. The van der Waals surface area contributed by atoms with Gasteiger partial charge in [0, 0.05) is 26.2 Å². The summed E-state index contributed by atoms with van der Waals surface area (Å²) in [7, 11) is 0. The van der Waals surface area contributed by atoms with E-state index in [0.29, 0.717) is 19.6 Å². The van der Waals surface area contributed by atoms with Gasteiger partial charge in [-0.3, -0.25) is 4.90 Å². The molecule has 1 rings (SSSR count). The molecule has 0 unspecified atom stereocenters. The van der Waals surface area contributed by atoms with Gasteiger partial charge in [-0.25, -0.2) is 4.79 Å². The largest absolute Gasteiger partial charge is 0.445 e. The van der Waals surface area contributed by atoms with Gasteiger partial charge in [-0.15, -0.1) is 24.8 Å². The number of nitrogens with zero attached hydrogens (tertiary/aromatic N) is 1. The number of hydrogen-bond acceptors (Lipinski definition) is 6. The molecule has 0 aliphatic carbocycles. The van der Waals surface area contributed by atoms with E-state index in [1.54, 1.807) is 0 Å². The summed E-state index contributed by atoms with van der Waals surface area (Å²) in [6.07, 6.45) is 0.303. The fraction of sp³-hybridized carbons (Fsp3) is 0.727. The molecular formula is C11H23Cl2N3O4. The van der Waals surface area contributed by atoms with E-state index >= 15 is 0 Å². The Morgan fingerprint density at radius 1 is 1.55 bits per heavy atom. The molecule has 0 aromatic heterocycles. The lowest BCUT2D eigenvalue weighted by atomic mass is 9.94. The van der Waals surface area contributed by atoms with Crippen molar-refractivity contribution >= 4 is 30.9 Å². The third-order valence-electron chi connectivity index (χ3n) is 2.67. The molecule has 9 heteroatoms. The summed E-state index contributed by atoms with van der Waals surface area (Å²) in [6, 6.07) is 0. The summed E-state index contributed by atoms with van der Waals surface area (Å²) in [5.41, 5.74) is 4.33. The Hall–Kier alpha value is -0.570. The van der Waals surface area contributed by atoms with Crippen LogP contribution in [0.5, 0.6) is 0 Å². The molecule has 0 bridgehead atoms. The van der Waals surface area contributed by atoms with Crippen molar-refractivity contribution in [2.75, 3.05) is 39.3 Å². The molecule has 120 valence electrons. The number of halogens is 2. The van der Waals surface area contributed by atoms with Crippen LogP contribution in [0.4, 0.5) is 4.79 Å². The average molecular weight is 332 g/mol. The molecule has 1 fully saturated rings. The van der Waals surface area contributed by atoms with E-state index in [-0.39, 0.29) is 44.5 Å². The van der Waals surface area contributed by atoms with Gasteiger partial charge in [-0.2, -0.15) is 0 Å². The van der Waals surface area contributed by atoms with E-state index in [1.807, 2.05) is 4.90 Å². The second kappa shape index (κ2) is 10.2. The molecule has 20 heavy (non-hydrogen) atoms. The van der Waals surface area contributed by atoms with Crippen LogP contribution < -0.4 is 11.1 Å². The van der Waals surface area contributed by atoms with Crippen molar-refractivity contribution in [3.8, 4) is 0 Å². The predicted octanol–water partition coefficient (Wildman–Crippen LogP) is -0.891. The summed E-state index contributed by atoms with van der Waals surface area (Å²) in [5.74, 6) is 0. The fourth-order valence-corrected chi connectivity index (χ4v) is 1.82. The minimum Gasteiger partial charge on any atom is -0.445 e. The summed E-state index contributed by atoms with van der Waals surface area (Å²) >= 11 is 0. The van der Waals surface area contributed by atoms with Crippen LogP contribution in [0.15, 0.2) is 12.7 Å².